The standard InChI is InChI=1S/C17H17BrClNS/c18-14-4-3-13(17(19)9-14)11-21-16-7-1-12(2-8-16)10-20-15-5-6-15/h1-4,7-9,15,20H,5-6,10-11H2. The zero-order valence-corrected chi connectivity index (χ0v) is 14.8. The van der Waals surface area contributed by atoms with Gasteiger partial charge in [0.1, 0.15) is 0 Å². The fourth-order valence-corrected chi connectivity index (χ4v) is 3.77. The van der Waals surface area contributed by atoms with Gasteiger partial charge in [-0.1, -0.05) is 45.7 Å². The van der Waals surface area contributed by atoms with Gasteiger partial charge < -0.3 is 5.32 Å². The normalized spacial score (nSPS) is 14.4. The van der Waals surface area contributed by atoms with Crippen LogP contribution in [-0.2, 0) is 12.3 Å². The molecule has 1 N–H and O–H groups in total. The zero-order chi connectivity index (χ0) is 14.7. The second-order valence-corrected chi connectivity index (χ2v) is 7.70. The minimum Gasteiger partial charge on any atom is -0.310 e. The number of halogens is 2. The van der Waals surface area contributed by atoms with Crippen LogP contribution in [0.5, 0.6) is 0 Å². The largest absolute Gasteiger partial charge is 0.310 e. The van der Waals surface area contributed by atoms with Crippen LogP contribution in [0.3, 0.4) is 0 Å². The van der Waals surface area contributed by atoms with Crippen molar-refractivity contribution in [2.75, 3.05) is 0 Å². The summed E-state index contributed by atoms with van der Waals surface area (Å²) in [6.07, 6.45) is 2.67. The van der Waals surface area contributed by atoms with E-state index < -0.39 is 0 Å². The fraction of sp³-hybridized carbons (Fsp3) is 0.294. The Bertz CT molecular complexity index is 611. The molecule has 1 aliphatic rings. The predicted octanol–water partition coefficient (Wildman–Crippen LogP) is 5.65. The fourth-order valence-electron chi connectivity index (χ4n) is 2.05. The summed E-state index contributed by atoms with van der Waals surface area (Å²) in [6, 6.07) is 15.6. The van der Waals surface area contributed by atoms with Gasteiger partial charge in [0.2, 0.25) is 0 Å². The molecule has 0 bridgehead atoms. The van der Waals surface area contributed by atoms with Crippen LogP contribution in [0.4, 0.5) is 0 Å². The van der Waals surface area contributed by atoms with E-state index in [1.54, 1.807) is 0 Å². The maximum atomic E-state index is 6.25. The minimum atomic E-state index is 0.763. The van der Waals surface area contributed by atoms with Crippen LogP contribution < -0.4 is 5.32 Å². The van der Waals surface area contributed by atoms with Crippen LogP contribution in [0.2, 0.25) is 5.02 Å². The Morgan fingerprint density at radius 1 is 1.14 bits per heavy atom. The lowest BCUT2D eigenvalue weighted by molar-refractivity contribution is 0.687. The first-order chi connectivity index (χ1) is 10.2. The van der Waals surface area contributed by atoms with Crippen molar-refractivity contribution in [3.63, 3.8) is 0 Å². The quantitative estimate of drug-likeness (QED) is 0.648. The smallest absolute Gasteiger partial charge is 0.0457 e. The number of hydrogen-bond acceptors (Lipinski definition) is 2. The molecule has 0 unspecified atom stereocenters. The van der Waals surface area contributed by atoms with Gasteiger partial charge in [-0.3, -0.25) is 0 Å². The summed E-state index contributed by atoms with van der Waals surface area (Å²) in [6.45, 7) is 0.980. The number of nitrogens with one attached hydrogen (secondary N) is 1. The summed E-state index contributed by atoms with van der Waals surface area (Å²) in [5.74, 6) is 0.895. The first kappa shape index (κ1) is 15.4. The van der Waals surface area contributed by atoms with Crippen LogP contribution in [0.25, 0.3) is 0 Å². The van der Waals surface area contributed by atoms with Gasteiger partial charge in [0.25, 0.3) is 0 Å². The minimum absolute atomic E-state index is 0.763. The van der Waals surface area contributed by atoms with E-state index in [-0.39, 0.29) is 0 Å². The molecular weight excluding hydrogens is 366 g/mol. The summed E-state index contributed by atoms with van der Waals surface area (Å²) in [5.41, 5.74) is 2.53. The summed E-state index contributed by atoms with van der Waals surface area (Å²) < 4.78 is 1.02. The molecule has 2 aromatic carbocycles. The summed E-state index contributed by atoms with van der Waals surface area (Å²) in [7, 11) is 0. The Morgan fingerprint density at radius 3 is 2.57 bits per heavy atom. The van der Waals surface area contributed by atoms with E-state index in [0.717, 1.165) is 27.8 Å². The Labute approximate surface area is 143 Å². The Hall–Kier alpha value is -0.480. The van der Waals surface area contributed by atoms with Crippen molar-refractivity contribution in [3.8, 4) is 0 Å². The lowest BCUT2D eigenvalue weighted by Gasteiger charge is -2.07. The van der Waals surface area contributed by atoms with Crippen molar-refractivity contribution in [3.05, 3.63) is 63.1 Å². The topological polar surface area (TPSA) is 12.0 Å². The van der Waals surface area contributed by atoms with Gasteiger partial charge in [-0.05, 0) is 48.2 Å². The van der Waals surface area contributed by atoms with E-state index in [9.17, 15) is 0 Å². The molecule has 0 aliphatic heterocycles. The first-order valence-corrected chi connectivity index (χ1v) is 9.25. The summed E-state index contributed by atoms with van der Waals surface area (Å²) in [5, 5.41) is 4.36. The second-order valence-electron chi connectivity index (χ2n) is 5.32. The number of rotatable bonds is 6. The molecule has 1 fully saturated rings. The van der Waals surface area contributed by atoms with Gasteiger partial charge in [0.05, 0.1) is 0 Å². The van der Waals surface area contributed by atoms with E-state index in [0.29, 0.717) is 0 Å². The second kappa shape index (κ2) is 7.19. The average Bonchev–Trinajstić information content (AvgIpc) is 3.30. The highest BCUT2D eigenvalue weighted by atomic mass is 79.9. The van der Waals surface area contributed by atoms with Gasteiger partial charge in [0, 0.05) is 32.7 Å². The van der Waals surface area contributed by atoms with Crippen LogP contribution >= 0.6 is 39.3 Å². The number of benzene rings is 2. The lowest BCUT2D eigenvalue weighted by Crippen LogP contribution is -2.14. The Kier molecular flexibility index (Phi) is 5.28. The number of thioether (sulfide) groups is 1. The molecule has 1 aliphatic carbocycles. The molecule has 0 heterocycles. The molecule has 3 rings (SSSR count). The van der Waals surface area contributed by atoms with Crippen molar-refractivity contribution < 1.29 is 0 Å². The van der Waals surface area contributed by atoms with Gasteiger partial charge in [-0.25, -0.2) is 0 Å². The van der Waals surface area contributed by atoms with Crippen molar-refractivity contribution in [1.82, 2.24) is 5.32 Å². The molecule has 21 heavy (non-hydrogen) atoms. The van der Waals surface area contributed by atoms with E-state index in [4.69, 9.17) is 11.6 Å². The maximum absolute atomic E-state index is 6.25. The molecule has 0 spiro atoms. The van der Waals surface area contributed by atoms with Crippen LogP contribution in [0.15, 0.2) is 51.8 Å². The van der Waals surface area contributed by atoms with Crippen molar-refractivity contribution in [2.24, 2.45) is 0 Å². The van der Waals surface area contributed by atoms with Crippen molar-refractivity contribution in [1.29, 1.82) is 0 Å². The summed E-state index contributed by atoms with van der Waals surface area (Å²) >= 11 is 11.5. The first-order valence-electron chi connectivity index (χ1n) is 7.10. The number of hydrogen-bond donors (Lipinski definition) is 1. The molecule has 2 aromatic rings. The van der Waals surface area contributed by atoms with E-state index in [1.807, 2.05) is 23.9 Å². The third-order valence-electron chi connectivity index (χ3n) is 3.51. The molecule has 0 radical (unpaired) electrons. The lowest BCUT2D eigenvalue weighted by atomic mass is 10.2. The highest BCUT2D eigenvalue weighted by Crippen LogP contribution is 2.29. The maximum Gasteiger partial charge on any atom is 0.0457 e. The van der Waals surface area contributed by atoms with Gasteiger partial charge >= 0.3 is 0 Å². The van der Waals surface area contributed by atoms with Gasteiger partial charge in [0.15, 0.2) is 0 Å². The molecule has 1 nitrogen and oxygen atoms in total. The van der Waals surface area contributed by atoms with Crippen LogP contribution in [-0.4, -0.2) is 6.04 Å². The Morgan fingerprint density at radius 2 is 1.90 bits per heavy atom. The molecule has 0 amide bonds. The van der Waals surface area contributed by atoms with E-state index in [1.165, 1.54) is 28.9 Å². The zero-order valence-electron chi connectivity index (χ0n) is 11.6. The van der Waals surface area contributed by atoms with Crippen LogP contribution in [0.1, 0.15) is 24.0 Å². The molecule has 0 atom stereocenters. The van der Waals surface area contributed by atoms with Crippen LogP contribution in [0, 0.1) is 0 Å². The Balaban J connectivity index is 1.54. The highest BCUT2D eigenvalue weighted by Gasteiger charge is 2.19. The average molecular weight is 383 g/mol. The van der Waals surface area contributed by atoms with E-state index in [2.05, 4.69) is 51.6 Å². The third-order valence-corrected chi connectivity index (χ3v) is 5.41. The van der Waals surface area contributed by atoms with E-state index >= 15 is 0 Å². The molecular formula is C17H17BrClNS. The molecule has 0 saturated heterocycles. The SMILES string of the molecule is Clc1cc(Br)ccc1CSc1ccc(CNC2CC2)cc1. The molecule has 1 saturated carbocycles. The van der Waals surface area contributed by atoms with Crippen molar-refractivity contribution >= 4 is 39.3 Å². The molecule has 4 heteroatoms. The predicted molar refractivity (Wildman–Crippen MR) is 95.0 cm³/mol. The molecule has 0 aromatic heterocycles. The third kappa shape index (κ3) is 4.75. The monoisotopic (exact) mass is 381 g/mol. The highest BCUT2D eigenvalue weighted by molar-refractivity contribution is 9.10. The molecule has 110 valence electrons. The van der Waals surface area contributed by atoms with Crippen molar-refractivity contribution in [2.45, 2.75) is 36.1 Å². The summed E-state index contributed by atoms with van der Waals surface area (Å²) in [4.78, 5) is 1.28. The van der Waals surface area contributed by atoms with Gasteiger partial charge in [-0.15, -0.1) is 11.8 Å². The van der Waals surface area contributed by atoms with Gasteiger partial charge in [-0.2, -0.15) is 0 Å².